The summed E-state index contributed by atoms with van der Waals surface area (Å²) in [5, 5.41) is 1.52. The largest absolute Gasteiger partial charge is 0.297 e. The molecule has 1 heterocycles. The Morgan fingerprint density at radius 2 is 1.50 bits per heavy atom. The van der Waals surface area contributed by atoms with Crippen molar-refractivity contribution in [2.24, 2.45) is 0 Å². The molecule has 3 aromatic rings. The first-order valence-corrected chi connectivity index (χ1v) is 14.0. The minimum Gasteiger partial charge on any atom is -0.297 e. The molecule has 1 saturated heterocycles. The molecule has 3 aromatic carbocycles. The van der Waals surface area contributed by atoms with Crippen LogP contribution in [0.5, 0.6) is 0 Å². The number of hydrogen-bond donors (Lipinski definition) is 0. The predicted molar refractivity (Wildman–Crippen MR) is 154 cm³/mol. The van der Waals surface area contributed by atoms with E-state index in [0.29, 0.717) is 0 Å². The molecule has 2 aliphatic rings. The summed E-state index contributed by atoms with van der Waals surface area (Å²) in [7, 11) is 0. The van der Waals surface area contributed by atoms with Crippen molar-refractivity contribution >= 4 is 28.8 Å². The van der Waals surface area contributed by atoms with Crippen molar-refractivity contribution in [2.45, 2.75) is 52.1 Å². The number of hydrogen-bond acceptors (Lipinski definition) is 2. The molecule has 5 rings (SSSR count). The Balaban J connectivity index is 1.23. The second kappa shape index (κ2) is 11.5. The Labute approximate surface area is 226 Å². The molecule has 2 nitrogen and oxygen atoms in total. The van der Waals surface area contributed by atoms with Gasteiger partial charge in [0.15, 0.2) is 0 Å². The van der Waals surface area contributed by atoms with Crippen molar-refractivity contribution in [2.75, 3.05) is 26.2 Å². The van der Waals surface area contributed by atoms with Gasteiger partial charge in [0.1, 0.15) is 0 Å². The van der Waals surface area contributed by atoms with Gasteiger partial charge in [-0.3, -0.25) is 9.80 Å². The summed E-state index contributed by atoms with van der Waals surface area (Å²) in [6, 6.07) is 22.1. The summed E-state index contributed by atoms with van der Waals surface area (Å²) in [6.45, 7) is 10.3. The zero-order valence-electron chi connectivity index (χ0n) is 21.4. The lowest BCUT2D eigenvalue weighted by molar-refractivity contribution is 0.122. The highest BCUT2D eigenvalue weighted by Gasteiger charge is 2.21. The van der Waals surface area contributed by atoms with E-state index in [1.54, 1.807) is 0 Å². The molecule has 1 aliphatic heterocycles. The molecule has 4 heteroatoms. The lowest BCUT2D eigenvalue weighted by Crippen LogP contribution is -2.45. The standard InChI is InChI=1S/C32H36Cl2N2/c1-3-28(27-14-12-26(13-15-27)25-6-4-7-25)29-20-24(11-10-23(29)2)21-35-16-18-36(19-17-35)22-30-31(33)8-5-9-32(30)34/h3,5,8-15,20,25H,4,6-7,16-19,21-22H2,1-2H3/b28-3-. The molecule has 0 spiro atoms. The van der Waals surface area contributed by atoms with Gasteiger partial charge >= 0.3 is 0 Å². The average molecular weight is 520 g/mol. The number of nitrogens with zero attached hydrogens (tertiary/aromatic N) is 2. The minimum atomic E-state index is 0.759. The summed E-state index contributed by atoms with van der Waals surface area (Å²) in [6.07, 6.45) is 6.34. The lowest BCUT2D eigenvalue weighted by atomic mass is 9.79. The molecule has 0 N–H and O–H groups in total. The van der Waals surface area contributed by atoms with Gasteiger partial charge in [0.05, 0.1) is 0 Å². The van der Waals surface area contributed by atoms with Crippen LogP contribution < -0.4 is 0 Å². The summed E-state index contributed by atoms with van der Waals surface area (Å²) in [5.41, 5.74) is 9.24. The fourth-order valence-corrected chi connectivity index (χ4v) is 6.00. The molecule has 1 saturated carbocycles. The molecule has 0 radical (unpaired) electrons. The van der Waals surface area contributed by atoms with Crippen LogP contribution in [0.1, 0.15) is 65.5 Å². The Morgan fingerprint density at radius 3 is 2.08 bits per heavy atom. The van der Waals surface area contributed by atoms with Crippen LogP contribution in [-0.2, 0) is 13.1 Å². The number of halogens is 2. The number of rotatable bonds is 7. The second-order valence-electron chi connectivity index (χ2n) is 10.4. The smallest absolute Gasteiger partial charge is 0.0465 e. The van der Waals surface area contributed by atoms with E-state index in [1.165, 1.54) is 52.7 Å². The lowest BCUT2D eigenvalue weighted by Gasteiger charge is -2.35. The molecule has 1 aliphatic carbocycles. The first-order chi connectivity index (χ1) is 17.5. The third-order valence-electron chi connectivity index (χ3n) is 7.99. The van der Waals surface area contributed by atoms with E-state index in [-0.39, 0.29) is 0 Å². The summed E-state index contributed by atoms with van der Waals surface area (Å²) < 4.78 is 0. The first-order valence-electron chi connectivity index (χ1n) is 13.3. The van der Waals surface area contributed by atoms with Gasteiger partial charge in [0, 0.05) is 54.9 Å². The van der Waals surface area contributed by atoms with E-state index < -0.39 is 0 Å². The van der Waals surface area contributed by atoms with E-state index >= 15 is 0 Å². The van der Waals surface area contributed by atoms with Crippen LogP contribution in [0.4, 0.5) is 0 Å². The Hall–Kier alpha value is -2.10. The Kier molecular flexibility index (Phi) is 8.18. The number of aryl methyl sites for hydroxylation is 1. The van der Waals surface area contributed by atoms with Crippen LogP contribution in [0.15, 0.2) is 66.7 Å². The zero-order chi connectivity index (χ0) is 25.1. The number of piperazine rings is 1. The van der Waals surface area contributed by atoms with Crippen LogP contribution in [0, 0.1) is 6.92 Å². The molecule has 0 unspecified atom stereocenters. The van der Waals surface area contributed by atoms with Crippen molar-refractivity contribution < 1.29 is 0 Å². The van der Waals surface area contributed by atoms with Crippen LogP contribution in [0.3, 0.4) is 0 Å². The highest BCUT2D eigenvalue weighted by Crippen LogP contribution is 2.37. The predicted octanol–water partition coefficient (Wildman–Crippen LogP) is 8.34. The van der Waals surface area contributed by atoms with Gasteiger partial charge < -0.3 is 0 Å². The maximum absolute atomic E-state index is 6.40. The summed E-state index contributed by atoms with van der Waals surface area (Å²) in [5.74, 6) is 0.778. The van der Waals surface area contributed by atoms with Gasteiger partial charge in [0.2, 0.25) is 0 Å². The van der Waals surface area contributed by atoms with Gasteiger partial charge in [-0.2, -0.15) is 0 Å². The van der Waals surface area contributed by atoms with Crippen molar-refractivity contribution in [3.05, 3.63) is 110 Å². The highest BCUT2D eigenvalue weighted by atomic mass is 35.5. The van der Waals surface area contributed by atoms with Crippen LogP contribution in [0.25, 0.3) is 5.57 Å². The molecule has 0 aromatic heterocycles. The van der Waals surface area contributed by atoms with Crippen molar-refractivity contribution in [3.63, 3.8) is 0 Å². The molecule has 0 bridgehead atoms. The SMILES string of the molecule is C/C=C(/c1ccc(C2CCC2)cc1)c1cc(CN2CCN(Cc3c(Cl)cccc3Cl)CC2)ccc1C. The van der Waals surface area contributed by atoms with Gasteiger partial charge in [-0.1, -0.05) is 78.2 Å². The Morgan fingerprint density at radius 1 is 0.861 bits per heavy atom. The molecular formula is C32H36Cl2N2. The number of benzene rings is 3. The monoisotopic (exact) mass is 518 g/mol. The van der Waals surface area contributed by atoms with Crippen molar-refractivity contribution in [1.29, 1.82) is 0 Å². The summed E-state index contributed by atoms with van der Waals surface area (Å²) >= 11 is 12.8. The summed E-state index contributed by atoms with van der Waals surface area (Å²) in [4.78, 5) is 5.01. The molecular weight excluding hydrogens is 483 g/mol. The van der Waals surface area contributed by atoms with Crippen LogP contribution in [0.2, 0.25) is 10.0 Å². The van der Waals surface area contributed by atoms with Crippen molar-refractivity contribution in [1.82, 2.24) is 9.80 Å². The van der Waals surface area contributed by atoms with E-state index in [1.807, 2.05) is 18.2 Å². The van der Waals surface area contributed by atoms with Crippen LogP contribution in [-0.4, -0.2) is 36.0 Å². The topological polar surface area (TPSA) is 6.48 Å². The van der Waals surface area contributed by atoms with Crippen LogP contribution >= 0.6 is 23.2 Å². The molecule has 0 atom stereocenters. The Bertz CT molecular complexity index is 1200. The molecule has 188 valence electrons. The normalized spacial score (nSPS) is 17.8. The maximum atomic E-state index is 6.40. The molecule has 2 fully saturated rings. The third-order valence-corrected chi connectivity index (χ3v) is 8.70. The van der Waals surface area contributed by atoms with Gasteiger partial charge in [0.25, 0.3) is 0 Å². The van der Waals surface area contributed by atoms with Crippen molar-refractivity contribution in [3.8, 4) is 0 Å². The molecule has 0 amide bonds. The highest BCUT2D eigenvalue weighted by molar-refractivity contribution is 6.35. The average Bonchev–Trinajstić information content (AvgIpc) is 2.85. The van der Waals surface area contributed by atoms with E-state index in [9.17, 15) is 0 Å². The second-order valence-corrected chi connectivity index (χ2v) is 11.2. The van der Waals surface area contributed by atoms with E-state index in [4.69, 9.17) is 23.2 Å². The quantitative estimate of drug-likeness (QED) is 0.310. The fraction of sp³-hybridized carbons (Fsp3) is 0.375. The molecule has 36 heavy (non-hydrogen) atoms. The third kappa shape index (κ3) is 5.73. The van der Waals surface area contributed by atoms with E-state index in [0.717, 1.165) is 60.8 Å². The minimum absolute atomic E-state index is 0.759. The first kappa shape index (κ1) is 25.5. The van der Waals surface area contributed by atoms with Gasteiger partial charge in [-0.25, -0.2) is 0 Å². The zero-order valence-corrected chi connectivity index (χ0v) is 23.0. The maximum Gasteiger partial charge on any atom is 0.0465 e. The fourth-order valence-electron chi connectivity index (χ4n) is 5.48. The van der Waals surface area contributed by atoms with E-state index in [2.05, 4.69) is 72.2 Å². The van der Waals surface area contributed by atoms with Gasteiger partial charge in [-0.15, -0.1) is 0 Å². The number of allylic oxidation sites excluding steroid dienone is 1. The van der Waals surface area contributed by atoms with Gasteiger partial charge in [-0.05, 0) is 84.2 Å².